The highest BCUT2D eigenvalue weighted by molar-refractivity contribution is 5.93. The number of aliphatic hydroxyl groups is 1. The fraction of sp³-hybridized carbons (Fsp3) is 0.421. The number of hydrogen-bond acceptors (Lipinski definition) is 5. The van der Waals surface area contributed by atoms with Crippen LogP contribution in [0.25, 0.3) is 0 Å². The second kappa shape index (κ2) is 7.61. The summed E-state index contributed by atoms with van der Waals surface area (Å²) < 4.78 is 5.82. The second-order valence-electron chi connectivity index (χ2n) is 6.60. The Bertz CT molecular complexity index is 704. The summed E-state index contributed by atoms with van der Waals surface area (Å²) in [4.78, 5) is 20.8. The molecule has 1 fully saturated rings. The first-order valence-electron chi connectivity index (χ1n) is 8.57. The van der Waals surface area contributed by atoms with E-state index in [9.17, 15) is 9.90 Å². The van der Waals surface area contributed by atoms with Crippen LogP contribution in [0.1, 0.15) is 48.8 Å². The Hall–Kier alpha value is -2.47. The third-order valence-electron chi connectivity index (χ3n) is 4.35. The predicted molar refractivity (Wildman–Crippen MR) is 93.5 cm³/mol. The minimum absolute atomic E-state index is 0.213. The highest BCUT2D eigenvalue weighted by Gasteiger charge is 2.37. The van der Waals surface area contributed by atoms with Crippen LogP contribution in [0, 0.1) is 0 Å². The van der Waals surface area contributed by atoms with Gasteiger partial charge in [0, 0.05) is 18.3 Å². The molecule has 1 heterocycles. The van der Waals surface area contributed by atoms with Crippen LogP contribution in [0.2, 0.25) is 0 Å². The smallest absolute Gasteiger partial charge is 0.254 e. The molecular formula is C19H23N3O3. The van der Waals surface area contributed by atoms with E-state index in [4.69, 9.17) is 4.74 Å². The first kappa shape index (κ1) is 17.4. The van der Waals surface area contributed by atoms with Crippen LogP contribution in [0.15, 0.2) is 42.7 Å². The molecule has 0 spiro atoms. The van der Waals surface area contributed by atoms with Crippen molar-refractivity contribution in [3.05, 3.63) is 54.1 Å². The number of aliphatic hydroxyl groups excluding tert-OH is 1. The number of ether oxygens (including phenoxy) is 1. The van der Waals surface area contributed by atoms with E-state index >= 15 is 0 Å². The van der Waals surface area contributed by atoms with E-state index in [-0.39, 0.29) is 24.0 Å². The van der Waals surface area contributed by atoms with Crippen LogP contribution in [0.3, 0.4) is 0 Å². The molecule has 1 amide bonds. The van der Waals surface area contributed by atoms with Gasteiger partial charge < -0.3 is 15.2 Å². The first-order chi connectivity index (χ1) is 12.0. The van der Waals surface area contributed by atoms with Gasteiger partial charge in [-0.1, -0.05) is 32.0 Å². The standard InChI is InChI=1S/C19H23N3O3/c1-12(2)18-20-10-13(11-21-18)19(24)22-15-8-9-16(17(15)23)25-14-6-4-3-5-7-14/h3-7,10-12,15-17,23H,8-9H2,1-2H3,(H,22,24)/t15-,16-,17-/m1/s1. The lowest BCUT2D eigenvalue weighted by Crippen LogP contribution is -2.44. The molecule has 6 nitrogen and oxygen atoms in total. The third-order valence-corrected chi connectivity index (χ3v) is 4.35. The molecule has 1 aromatic carbocycles. The Kier molecular flexibility index (Phi) is 5.28. The number of amides is 1. The largest absolute Gasteiger partial charge is 0.488 e. The third kappa shape index (κ3) is 4.14. The first-order valence-corrected chi connectivity index (χ1v) is 8.57. The summed E-state index contributed by atoms with van der Waals surface area (Å²) in [6, 6.07) is 9.05. The van der Waals surface area contributed by atoms with Crippen LogP contribution in [-0.4, -0.2) is 39.2 Å². The molecule has 1 aliphatic rings. The highest BCUT2D eigenvalue weighted by Crippen LogP contribution is 2.25. The van der Waals surface area contributed by atoms with Crippen LogP contribution < -0.4 is 10.1 Å². The maximum Gasteiger partial charge on any atom is 0.254 e. The second-order valence-corrected chi connectivity index (χ2v) is 6.60. The Labute approximate surface area is 147 Å². The van der Waals surface area contributed by atoms with Crippen molar-refractivity contribution in [2.45, 2.75) is 50.9 Å². The zero-order chi connectivity index (χ0) is 17.8. The van der Waals surface area contributed by atoms with Crippen molar-refractivity contribution in [1.82, 2.24) is 15.3 Å². The van der Waals surface area contributed by atoms with Gasteiger partial charge in [-0.25, -0.2) is 9.97 Å². The Balaban J connectivity index is 1.58. The Morgan fingerprint density at radius 1 is 1.20 bits per heavy atom. The summed E-state index contributed by atoms with van der Waals surface area (Å²) in [5, 5.41) is 13.3. The zero-order valence-electron chi connectivity index (χ0n) is 14.4. The predicted octanol–water partition coefficient (Wildman–Crippen LogP) is 2.30. The number of rotatable bonds is 5. The van der Waals surface area contributed by atoms with Gasteiger partial charge in [0.05, 0.1) is 11.6 Å². The lowest BCUT2D eigenvalue weighted by Gasteiger charge is -2.21. The molecule has 0 bridgehead atoms. The lowest BCUT2D eigenvalue weighted by atomic mass is 10.1. The van der Waals surface area contributed by atoms with Gasteiger partial charge >= 0.3 is 0 Å². The van der Waals surface area contributed by atoms with Crippen LogP contribution in [0.5, 0.6) is 5.75 Å². The fourth-order valence-corrected chi connectivity index (χ4v) is 2.91. The number of carbonyl (C=O) groups is 1. The van der Waals surface area contributed by atoms with Crippen molar-refractivity contribution in [2.75, 3.05) is 0 Å². The summed E-state index contributed by atoms with van der Waals surface area (Å²) in [7, 11) is 0. The maximum atomic E-state index is 12.3. The van der Waals surface area contributed by atoms with E-state index in [1.54, 1.807) is 0 Å². The average molecular weight is 341 g/mol. The average Bonchev–Trinajstić information content (AvgIpc) is 2.96. The van der Waals surface area contributed by atoms with Crippen molar-refractivity contribution in [2.24, 2.45) is 0 Å². The molecule has 0 unspecified atom stereocenters. The molecule has 0 radical (unpaired) electrons. The van der Waals surface area contributed by atoms with Gasteiger partial charge in [0.15, 0.2) is 0 Å². The summed E-state index contributed by atoms with van der Waals surface area (Å²) in [5.41, 5.74) is 0.393. The summed E-state index contributed by atoms with van der Waals surface area (Å²) in [5.74, 6) is 1.36. The SMILES string of the molecule is CC(C)c1ncc(C(=O)N[C@@H]2CC[C@@H](Oc3ccccc3)[C@@H]2O)cn1. The highest BCUT2D eigenvalue weighted by atomic mass is 16.5. The van der Waals surface area contributed by atoms with Crippen LogP contribution >= 0.6 is 0 Å². The minimum Gasteiger partial charge on any atom is -0.488 e. The van der Waals surface area contributed by atoms with Crippen molar-refractivity contribution >= 4 is 5.91 Å². The van der Waals surface area contributed by atoms with Crippen LogP contribution in [-0.2, 0) is 0 Å². The van der Waals surface area contributed by atoms with Crippen molar-refractivity contribution in [3.8, 4) is 5.75 Å². The van der Waals surface area contributed by atoms with E-state index in [2.05, 4.69) is 15.3 Å². The molecular weight excluding hydrogens is 318 g/mol. The molecule has 1 saturated carbocycles. The number of carbonyl (C=O) groups excluding carboxylic acids is 1. The Morgan fingerprint density at radius 3 is 2.52 bits per heavy atom. The molecule has 25 heavy (non-hydrogen) atoms. The maximum absolute atomic E-state index is 12.3. The van der Waals surface area contributed by atoms with E-state index in [1.165, 1.54) is 12.4 Å². The molecule has 0 saturated heterocycles. The monoisotopic (exact) mass is 341 g/mol. The van der Waals surface area contributed by atoms with Gasteiger partial charge in [-0.15, -0.1) is 0 Å². The number of para-hydroxylation sites is 1. The quantitative estimate of drug-likeness (QED) is 0.872. The van der Waals surface area contributed by atoms with Gasteiger partial charge in [-0.3, -0.25) is 4.79 Å². The number of hydrogen-bond donors (Lipinski definition) is 2. The Morgan fingerprint density at radius 2 is 1.88 bits per heavy atom. The number of aromatic nitrogens is 2. The molecule has 3 atom stereocenters. The summed E-state index contributed by atoms with van der Waals surface area (Å²) in [6.07, 6.45) is 3.32. The molecule has 2 N–H and O–H groups in total. The zero-order valence-corrected chi connectivity index (χ0v) is 14.4. The number of nitrogens with one attached hydrogen (secondary N) is 1. The normalized spacial score (nSPS) is 22.8. The van der Waals surface area contributed by atoms with Gasteiger partial charge in [-0.2, -0.15) is 0 Å². The molecule has 132 valence electrons. The van der Waals surface area contributed by atoms with E-state index in [0.717, 1.165) is 5.75 Å². The molecule has 2 aromatic rings. The molecule has 6 heteroatoms. The molecule has 3 rings (SSSR count). The van der Waals surface area contributed by atoms with E-state index in [1.807, 2.05) is 44.2 Å². The topological polar surface area (TPSA) is 84.3 Å². The molecule has 1 aromatic heterocycles. The summed E-state index contributed by atoms with van der Waals surface area (Å²) in [6.45, 7) is 3.99. The van der Waals surface area contributed by atoms with Gasteiger partial charge in [0.25, 0.3) is 5.91 Å². The van der Waals surface area contributed by atoms with Crippen LogP contribution in [0.4, 0.5) is 0 Å². The number of benzene rings is 1. The molecule has 1 aliphatic carbocycles. The lowest BCUT2D eigenvalue weighted by molar-refractivity contribution is 0.0434. The van der Waals surface area contributed by atoms with Crippen molar-refractivity contribution in [3.63, 3.8) is 0 Å². The van der Waals surface area contributed by atoms with Gasteiger partial charge in [-0.05, 0) is 25.0 Å². The fourth-order valence-electron chi connectivity index (χ4n) is 2.91. The van der Waals surface area contributed by atoms with E-state index < -0.39 is 6.10 Å². The minimum atomic E-state index is -0.750. The van der Waals surface area contributed by atoms with Crippen molar-refractivity contribution in [1.29, 1.82) is 0 Å². The summed E-state index contributed by atoms with van der Waals surface area (Å²) >= 11 is 0. The van der Waals surface area contributed by atoms with E-state index in [0.29, 0.717) is 24.2 Å². The van der Waals surface area contributed by atoms with Gasteiger partial charge in [0.1, 0.15) is 23.8 Å². The number of nitrogens with zero attached hydrogens (tertiary/aromatic N) is 2. The molecule has 0 aliphatic heterocycles. The van der Waals surface area contributed by atoms with Gasteiger partial charge in [0.2, 0.25) is 0 Å². The van der Waals surface area contributed by atoms with Crippen molar-refractivity contribution < 1.29 is 14.6 Å².